The molecule has 1 aliphatic heterocycles. The molecular weight excluding hydrogens is 480 g/mol. The van der Waals surface area contributed by atoms with Crippen molar-refractivity contribution >= 4 is 29.2 Å². The lowest BCUT2D eigenvalue weighted by molar-refractivity contribution is -0.119. The minimum absolute atomic E-state index is 0.00419. The molecule has 198 valence electrons. The molecule has 1 heterocycles. The van der Waals surface area contributed by atoms with Crippen LogP contribution in [0.15, 0.2) is 34.7 Å². The predicted molar refractivity (Wildman–Crippen MR) is 147 cm³/mol. The highest BCUT2D eigenvalue weighted by Gasteiger charge is 2.53. The van der Waals surface area contributed by atoms with Crippen LogP contribution in [0.4, 0.5) is 0 Å². The lowest BCUT2D eigenvalue weighted by Crippen LogP contribution is -2.41. The van der Waals surface area contributed by atoms with E-state index in [2.05, 4.69) is 11.4 Å². The molecule has 0 radical (unpaired) electrons. The van der Waals surface area contributed by atoms with Crippen molar-refractivity contribution in [1.29, 1.82) is 0 Å². The van der Waals surface area contributed by atoms with Crippen LogP contribution < -0.4 is 5.32 Å². The predicted octanol–water partition coefficient (Wildman–Crippen LogP) is 5.57. The zero-order valence-electron chi connectivity index (χ0n) is 22.0. The van der Waals surface area contributed by atoms with Crippen molar-refractivity contribution in [1.82, 2.24) is 10.2 Å². The molecule has 4 saturated carbocycles. The second kappa shape index (κ2) is 10.7. The topological polar surface area (TPSA) is 66.5 Å². The number of rotatable bonds is 10. The van der Waals surface area contributed by atoms with E-state index >= 15 is 0 Å². The fourth-order valence-corrected chi connectivity index (χ4v) is 9.20. The largest absolute Gasteiger partial charge is 0.324 e. The SMILES string of the molecule is CC1=CC(=O)C(N2Cc3c(SCCCCCCNC4C5CC6CC(C5)C4C6)cccc3C2=O)CCC1=O. The third-order valence-electron chi connectivity index (χ3n) is 9.87. The van der Waals surface area contributed by atoms with Gasteiger partial charge in [-0.3, -0.25) is 14.4 Å². The van der Waals surface area contributed by atoms with Crippen LogP contribution in [0, 0.1) is 23.7 Å². The number of fused-ring (bicyclic) bond motifs is 1. The zero-order chi connectivity index (χ0) is 25.5. The molecule has 5 aliphatic carbocycles. The average Bonchev–Trinajstić information content (AvgIpc) is 3.42. The van der Waals surface area contributed by atoms with Crippen LogP contribution in [0.1, 0.15) is 87.1 Å². The number of thioether (sulfide) groups is 1. The first-order valence-electron chi connectivity index (χ1n) is 14.5. The summed E-state index contributed by atoms with van der Waals surface area (Å²) in [6, 6.07) is 6.22. The Morgan fingerprint density at radius 2 is 1.84 bits per heavy atom. The molecule has 1 aromatic rings. The molecule has 1 aromatic carbocycles. The van der Waals surface area contributed by atoms with Gasteiger partial charge in [0.2, 0.25) is 0 Å². The molecule has 0 saturated heterocycles. The molecule has 6 aliphatic rings. The normalized spacial score (nSPS) is 32.3. The van der Waals surface area contributed by atoms with Crippen LogP contribution in [0.25, 0.3) is 0 Å². The first-order chi connectivity index (χ1) is 18.0. The highest BCUT2D eigenvalue weighted by atomic mass is 32.2. The number of carbonyl (C=O) groups is 3. The number of ketones is 2. The van der Waals surface area contributed by atoms with E-state index in [9.17, 15) is 14.4 Å². The van der Waals surface area contributed by atoms with E-state index in [0.717, 1.165) is 45.9 Å². The molecule has 6 atom stereocenters. The molecular formula is C31H40N2O3S. The van der Waals surface area contributed by atoms with Gasteiger partial charge in [-0.05, 0) is 117 Å². The van der Waals surface area contributed by atoms with Gasteiger partial charge >= 0.3 is 0 Å². The summed E-state index contributed by atoms with van der Waals surface area (Å²) >= 11 is 1.84. The van der Waals surface area contributed by atoms with Crippen LogP contribution in [0.3, 0.4) is 0 Å². The molecule has 5 nitrogen and oxygen atoms in total. The van der Waals surface area contributed by atoms with E-state index in [-0.39, 0.29) is 17.5 Å². The summed E-state index contributed by atoms with van der Waals surface area (Å²) in [4.78, 5) is 40.9. The molecule has 1 amide bonds. The number of nitrogens with one attached hydrogen (secondary N) is 1. The maximum absolute atomic E-state index is 13.2. The Morgan fingerprint density at radius 1 is 1.00 bits per heavy atom. The Hall–Kier alpha value is -1.92. The average molecular weight is 521 g/mol. The number of nitrogens with zero attached hydrogens (tertiary/aromatic N) is 1. The monoisotopic (exact) mass is 520 g/mol. The number of unbranched alkanes of at least 4 members (excludes halogenated alkanes) is 3. The van der Waals surface area contributed by atoms with Gasteiger partial charge in [-0.2, -0.15) is 0 Å². The Balaban J connectivity index is 0.942. The van der Waals surface area contributed by atoms with Crippen LogP contribution in [-0.4, -0.2) is 46.8 Å². The van der Waals surface area contributed by atoms with Crippen molar-refractivity contribution in [3.8, 4) is 0 Å². The van der Waals surface area contributed by atoms with Gasteiger partial charge in [-0.15, -0.1) is 11.8 Å². The van der Waals surface area contributed by atoms with Gasteiger partial charge in [0.25, 0.3) is 5.91 Å². The van der Waals surface area contributed by atoms with Crippen molar-refractivity contribution in [2.45, 2.75) is 94.7 Å². The van der Waals surface area contributed by atoms with Crippen molar-refractivity contribution in [2.75, 3.05) is 12.3 Å². The van der Waals surface area contributed by atoms with Gasteiger partial charge in [-0.1, -0.05) is 18.9 Å². The Morgan fingerprint density at radius 3 is 2.70 bits per heavy atom. The second-order valence-electron chi connectivity index (χ2n) is 12.2. The number of Topliss-reactive ketones (excluding diaryl/α,β-unsaturated/α-hetero) is 1. The number of carbonyl (C=O) groups excluding carboxylic acids is 3. The maximum Gasteiger partial charge on any atom is 0.255 e. The van der Waals surface area contributed by atoms with E-state index in [1.165, 1.54) is 64.0 Å². The molecule has 6 unspecified atom stereocenters. The smallest absolute Gasteiger partial charge is 0.255 e. The van der Waals surface area contributed by atoms with E-state index in [4.69, 9.17) is 0 Å². The van der Waals surface area contributed by atoms with Gasteiger partial charge in [-0.25, -0.2) is 0 Å². The van der Waals surface area contributed by atoms with E-state index in [1.54, 1.807) is 11.8 Å². The quantitative estimate of drug-likeness (QED) is 0.323. The number of benzene rings is 1. The third-order valence-corrected chi connectivity index (χ3v) is 11.1. The van der Waals surface area contributed by atoms with Crippen molar-refractivity contribution < 1.29 is 14.4 Å². The maximum atomic E-state index is 13.2. The molecule has 4 fully saturated rings. The van der Waals surface area contributed by atoms with Gasteiger partial charge in [0.05, 0.1) is 6.04 Å². The van der Waals surface area contributed by atoms with E-state index in [1.807, 2.05) is 23.9 Å². The summed E-state index contributed by atoms with van der Waals surface area (Å²) in [5, 5.41) is 3.94. The molecule has 6 heteroatoms. The summed E-state index contributed by atoms with van der Waals surface area (Å²) in [7, 11) is 0. The Bertz CT molecular complexity index is 1110. The lowest BCUT2D eigenvalue weighted by Gasteiger charge is -2.33. The second-order valence-corrected chi connectivity index (χ2v) is 13.3. The number of allylic oxidation sites excluding steroid dienone is 1. The highest BCUT2D eigenvalue weighted by Crippen LogP contribution is 2.58. The van der Waals surface area contributed by atoms with Crippen LogP contribution in [0.2, 0.25) is 0 Å². The minimum atomic E-state index is -0.540. The van der Waals surface area contributed by atoms with Gasteiger partial charge < -0.3 is 10.2 Å². The van der Waals surface area contributed by atoms with Gasteiger partial charge in [0.15, 0.2) is 11.6 Å². The fourth-order valence-electron chi connectivity index (χ4n) is 8.11. The van der Waals surface area contributed by atoms with Crippen LogP contribution in [-0.2, 0) is 16.1 Å². The number of hydrogen-bond acceptors (Lipinski definition) is 5. The van der Waals surface area contributed by atoms with Gasteiger partial charge in [0.1, 0.15) is 0 Å². The molecule has 37 heavy (non-hydrogen) atoms. The van der Waals surface area contributed by atoms with Crippen molar-refractivity contribution in [3.05, 3.63) is 41.0 Å². The van der Waals surface area contributed by atoms with E-state index in [0.29, 0.717) is 30.5 Å². The van der Waals surface area contributed by atoms with E-state index < -0.39 is 6.04 Å². The fraction of sp³-hybridized carbons (Fsp3) is 0.645. The molecule has 1 N–H and O–H groups in total. The molecule has 7 rings (SSSR count). The summed E-state index contributed by atoms with van der Waals surface area (Å²) in [5.74, 6) is 4.91. The third kappa shape index (κ3) is 4.96. The summed E-state index contributed by atoms with van der Waals surface area (Å²) < 4.78 is 0. The Labute approximate surface area is 225 Å². The first-order valence-corrected chi connectivity index (χ1v) is 15.5. The Kier molecular flexibility index (Phi) is 7.32. The van der Waals surface area contributed by atoms with Crippen LogP contribution >= 0.6 is 11.8 Å². The molecule has 4 bridgehead atoms. The van der Waals surface area contributed by atoms with Gasteiger partial charge in [0, 0.05) is 29.5 Å². The number of hydrogen-bond donors (Lipinski definition) is 1. The summed E-state index contributed by atoms with van der Waals surface area (Å²) in [5.41, 5.74) is 2.27. The summed E-state index contributed by atoms with van der Waals surface area (Å²) in [6.45, 7) is 3.33. The highest BCUT2D eigenvalue weighted by molar-refractivity contribution is 7.99. The minimum Gasteiger partial charge on any atom is -0.324 e. The van der Waals surface area contributed by atoms with Crippen LogP contribution in [0.5, 0.6) is 0 Å². The first kappa shape index (κ1) is 25.4. The molecule has 0 spiro atoms. The zero-order valence-corrected chi connectivity index (χ0v) is 22.9. The lowest BCUT2D eigenvalue weighted by atomic mass is 9.79. The van der Waals surface area contributed by atoms with Crippen molar-refractivity contribution in [2.24, 2.45) is 23.7 Å². The summed E-state index contributed by atoms with van der Waals surface area (Å²) in [6.07, 6.45) is 13.1. The molecule has 0 aromatic heterocycles. The van der Waals surface area contributed by atoms with Crippen molar-refractivity contribution in [3.63, 3.8) is 0 Å². The number of amides is 1. The standard InChI is InChI=1S/C31H40N2O3S/c1-19-13-28(35)26(9-10-27(19)34)33-18-25-23(31(33)36)7-6-8-29(25)37-12-5-3-2-4-11-32-30-22-15-20-14-21(17-22)24(30)16-20/h6-8,13,20-22,24,26,30,32H,2-5,9-12,14-18H2,1H3.